The number of pyridine rings is 1. The van der Waals surface area contributed by atoms with Crippen LogP contribution in [0.1, 0.15) is 17.0 Å². The molecule has 3 rings (SSSR count). The number of hydrogen-bond acceptors (Lipinski definition) is 4. The van der Waals surface area contributed by atoms with E-state index in [9.17, 15) is 21.6 Å². The van der Waals surface area contributed by atoms with E-state index in [1.807, 2.05) is 6.07 Å². The maximum absolute atomic E-state index is 12.7. The Morgan fingerprint density at radius 2 is 1.85 bits per heavy atom. The lowest BCUT2D eigenvalue weighted by Crippen LogP contribution is -2.22. The Balaban J connectivity index is 1.74. The summed E-state index contributed by atoms with van der Waals surface area (Å²) in [6.07, 6.45) is -1.90. The summed E-state index contributed by atoms with van der Waals surface area (Å²) in [7, 11) is -3.75. The van der Waals surface area contributed by atoms with Crippen LogP contribution in [-0.2, 0) is 22.7 Å². The number of hydrogen-bond donors (Lipinski definition) is 1. The summed E-state index contributed by atoms with van der Waals surface area (Å²) in [5, 5.41) is 8.39. The molecule has 0 amide bonds. The molecule has 0 bridgehead atoms. The van der Waals surface area contributed by atoms with Crippen molar-refractivity contribution in [3.63, 3.8) is 0 Å². The number of rotatable bonds is 5. The van der Waals surface area contributed by atoms with Gasteiger partial charge in [-0.3, -0.25) is 4.40 Å². The standard InChI is InChI=1S/C16H13F3N4O2S/c17-16(18,19)13-6-8-23-14(10-13)21-22-15(23)11-20-26(24,25)9-7-12-4-2-1-3-5-12/h1-10,20H,11H2/b9-7+. The highest BCUT2D eigenvalue weighted by atomic mass is 32.2. The fraction of sp³-hybridized carbons (Fsp3) is 0.125. The molecule has 0 aliphatic carbocycles. The van der Waals surface area contributed by atoms with Gasteiger partial charge in [-0.2, -0.15) is 13.2 Å². The molecule has 0 aliphatic heterocycles. The van der Waals surface area contributed by atoms with Gasteiger partial charge in [0.25, 0.3) is 0 Å². The van der Waals surface area contributed by atoms with Gasteiger partial charge in [-0.15, -0.1) is 10.2 Å². The summed E-state index contributed by atoms with van der Waals surface area (Å²) in [6.45, 7) is -0.214. The van der Waals surface area contributed by atoms with Crippen molar-refractivity contribution in [2.45, 2.75) is 12.7 Å². The van der Waals surface area contributed by atoms with Crippen molar-refractivity contribution in [1.29, 1.82) is 0 Å². The lowest BCUT2D eigenvalue weighted by Gasteiger charge is -2.07. The second-order valence-corrected chi connectivity index (χ2v) is 6.99. The fourth-order valence-electron chi connectivity index (χ4n) is 2.18. The number of aromatic nitrogens is 3. The monoisotopic (exact) mass is 382 g/mol. The Kier molecular flexibility index (Phi) is 4.79. The quantitative estimate of drug-likeness (QED) is 0.736. The van der Waals surface area contributed by atoms with Crippen LogP contribution in [0.2, 0.25) is 0 Å². The molecule has 0 saturated heterocycles. The summed E-state index contributed by atoms with van der Waals surface area (Å²) < 4.78 is 65.7. The van der Waals surface area contributed by atoms with Gasteiger partial charge in [0.1, 0.15) is 0 Å². The topological polar surface area (TPSA) is 76.4 Å². The highest BCUT2D eigenvalue weighted by Gasteiger charge is 2.31. The van der Waals surface area contributed by atoms with Crippen LogP contribution in [0, 0.1) is 0 Å². The van der Waals surface area contributed by atoms with E-state index in [1.165, 1.54) is 10.5 Å². The molecule has 2 heterocycles. The number of fused-ring (bicyclic) bond motifs is 1. The van der Waals surface area contributed by atoms with Gasteiger partial charge in [0, 0.05) is 11.6 Å². The van der Waals surface area contributed by atoms with Gasteiger partial charge in [-0.25, -0.2) is 13.1 Å². The second-order valence-electron chi connectivity index (χ2n) is 5.34. The number of halogens is 3. The highest BCUT2D eigenvalue weighted by molar-refractivity contribution is 7.92. The molecule has 3 aromatic rings. The number of benzene rings is 1. The largest absolute Gasteiger partial charge is 0.416 e. The van der Waals surface area contributed by atoms with Crippen molar-refractivity contribution in [3.05, 3.63) is 71.0 Å². The molecule has 0 unspecified atom stereocenters. The van der Waals surface area contributed by atoms with E-state index in [2.05, 4.69) is 14.9 Å². The van der Waals surface area contributed by atoms with Gasteiger partial charge in [-0.1, -0.05) is 30.3 Å². The van der Waals surface area contributed by atoms with Gasteiger partial charge in [-0.05, 0) is 23.8 Å². The molecule has 136 valence electrons. The van der Waals surface area contributed by atoms with Gasteiger partial charge < -0.3 is 0 Å². The Morgan fingerprint density at radius 3 is 2.54 bits per heavy atom. The summed E-state index contributed by atoms with van der Waals surface area (Å²) >= 11 is 0. The van der Waals surface area contributed by atoms with E-state index in [0.717, 1.165) is 23.7 Å². The molecule has 0 saturated carbocycles. The van der Waals surface area contributed by atoms with Crippen LogP contribution in [0.4, 0.5) is 13.2 Å². The third-order valence-electron chi connectivity index (χ3n) is 3.48. The number of alkyl halides is 3. The van der Waals surface area contributed by atoms with Crippen LogP contribution < -0.4 is 4.72 Å². The Hall–Kier alpha value is -2.72. The van der Waals surface area contributed by atoms with Crippen LogP contribution in [-0.4, -0.2) is 23.0 Å². The smallest absolute Gasteiger partial charge is 0.285 e. The minimum Gasteiger partial charge on any atom is -0.285 e. The first kappa shape index (κ1) is 18.1. The molecule has 6 nitrogen and oxygen atoms in total. The predicted octanol–water partition coefficient (Wildman–Crippen LogP) is 2.84. The minimum atomic E-state index is -4.49. The average molecular weight is 382 g/mol. The third-order valence-corrected chi connectivity index (χ3v) is 4.52. The number of nitrogens with zero attached hydrogens (tertiary/aromatic N) is 3. The van der Waals surface area contributed by atoms with Crippen LogP contribution in [0.5, 0.6) is 0 Å². The van der Waals surface area contributed by atoms with E-state index < -0.39 is 21.8 Å². The van der Waals surface area contributed by atoms with Crippen molar-refractivity contribution < 1.29 is 21.6 Å². The van der Waals surface area contributed by atoms with Crippen molar-refractivity contribution in [2.24, 2.45) is 0 Å². The van der Waals surface area contributed by atoms with Crippen molar-refractivity contribution in [1.82, 2.24) is 19.3 Å². The fourth-order valence-corrected chi connectivity index (χ4v) is 2.95. The minimum absolute atomic E-state index is 0.0196. The van der Waals surface area contributed by atoms with Gasteiger partial charge in [0.2, 0.25) is 10.0 Å². The van der Waals surface area contributed by atoms with Gasteiger partial charge >= 0.3 is 6.18 Å². The molecule has 0 radical (unpaired) electrons. The first-order valence-corrected chi connectivity index (χ1v) is 8.93. The summed E-state index contributed by atoms with van der Waals surface area (Å²) in [6, 6.07) is 10.6. The van der Waals surface area contributed by atoms with Crippen LogP contribution in [0.15, 0.2) is 54.1 Å². The molecular formula is C16H13F3N4O2S. The number of nitrogens with one attached hydrogen (secondary N) is 1. The first-order chi connectivity index (χ1) is 12.2. The Bertz CT molecular complexity index is 1040. The lowest BCUT2D eigenvalue weighted by molar-refractivity contribution is -0.137. The molecule has 1 aromatic carbocycles. The molecule has 0 spiro atoms. The highest BCUT2D eigenvalue weighted by Crippen LogP contribution is 2.29. The van der Waals surface area contributed by atoms with Crippen molar-refractivity contribution in [3.8, 4) is 0 Å². The zero-order chi connectivity index (χ0) is 18.8. The SMILES string of the molecule is O=S(=O)(/C=C/c1ccccc1)NCc1nnc2cc(C(F)(F)F)ccn12. The zero-order valence-corrected chi connectivity index (χ0v) is 14.0. The van der Waals surface area contributed by atoms with Crippen molar-refractivity contribution in [2.75, 3.05) is 0 Å². The Morgan fingerprint density at radius 1 is 1.12 bits per heavy atom. The van der Waals surface area contributed by atoms with E-state index in [0.29, 0.717) is 5.56 Å². The van der Waals surface area contributed by atoms with Crippen LogP contribution in [0.3, 0.4) is 0 Å². The molecule has 0 atom stereocenters. The number of sulfonamides is 1. The maximum atomic E-state index is 12.7. The van der Waals surface area contributed by atoms with E-state index >= 15 is 0 Å². The molecule has 26 heavy (non-hydrogen) atoms. The van der Waals surface area contributed by atoms with E-state index in [4.69, 9.17) is 0 Å². The van der Waals surface area contributed by atoms with E-state index in [-0.39, 0.29) is 18.0 Å². The summed E-state index contributed by atoms with van der Waals surface area (Å²) in [5.41, 5.74) is -0.158. The molecule has 0 aliphatic rings. The molecule has 10 heteroatoms. The molecule has 1 N–H and O–H groups in total. The summed E-state index contributed by atoms with van der Waals surface area (Å²) in [5.74, 6) is 0.172. The normalized spacial score (nSPS) is 12.9. The molecule has 2 aromatic heterocycles. The maximum Gasteiger partial charge on any atom is 0.416 e. The lowest BCUT2D eigenvalue weighted by atomic mass is 10.2. The van der Waals surface area contributed by atoms with Gasteiger partial charge in [0.15, 0.2) is 11.5 Å². The van der Waals surface area contributed by atoms with Gasteiger partial charge in [0.05, 0.1) is 12.1 Å². The third kappa shape index (κ3) is 4.27. The predicted molar refractivity (Wildman–Crippen MR) is 89.2 cm³/mol. The van der Waals surface area contributed by atoms with Crippen LogP contribution in [0.25, 0.3) is 11.7 Å². The first-order valence-electron chi connectivity index (χ1n) is 7.38. The second kappa shape index (κ2) is 6.89. The average Bonchev–Trinajstić information content (AvgIpc) is 3.01. The van der Waals surface area contributed by atoms with E-state index in [1.54, 1.807) is 24.3 Å². The van der Waals surface area contributed by atoms with Crippen LogP contribution >= 0.6 is 0 Å². The molecule has 0 fully saturated rings. The summed E-state index contributed by atoms with van der Waals surface area (Å²) in [4.78, 5) is 0. The molecular weight excluding hydrogens is 369 g/mol. The Labute approximate surface area is 147 Å². The zero-order valence-electron chi connectivity index (χ0n) is 13.2. The van der Waals surface area contributed by atoms with Crippen molar-refractivity contribution >= 4 is 21.7 Å².